The molecule has 1 amide bonds. The van der Waals surface area contributed by atoms with Gasteiger partial charge in [0.1, 0.15) is 11.9 Å². The zero-order valence-electron chi connectivity index (χ0n) is 19.3. The Morgan fingerprint density at radius 2 is 1.83 bits per heavy atom. The summed E-state index contributed by atoms with van der Waals surface area (Å²) < 4.78 is 13.4. The normalized spacial score (nSPS) is 22.0. The maximum absolute atomic E-state index is 13.7. The molecular formula is C26H27N3O5S. The largest absolute Gasteiger partial charge is 0.502 e. The van der Waals surface area contributed by atoms with Crippen molar-refractivity contribution in [1.29, 1.82) is 0 Å². The van der Waals surface area contributed by atoms with Crippen LogP contribution in [0.5, 0.6) is 11.5 Å². The SMILES string of the molecule is COC[C@H]1N2CCCCOc3ccccc3[C@@](S)(c3ccccc3)N1n1ccc(=O)c(O)c1C2=O. The third-order valence-electron chi connectivity index (χ3n) is 6.53. The van der Waals surface area contributed by atoms with E-state index in [1.807, 2.05) is 59.6 Å². The monoisotopic (exact) mass is 493 g/mol. The number of methoxy groups -OCH3 is 1. The second-order valence-corrected chi connectivity index (χ2v) is 9.24. The molecule has 1 N–H and O–H groups in total. The molecule has 9 heteroatoms. The highest BCUT2D eigenvalue weighted by molar-refractivity contribution is 7.81. The number of aromatic nitrogens is 1. The predicted octanol–water partition coefficient (Wildman–Crippen LogP) is 2.92. The summed E-state index contributed by atoms with van der Waals surface area (Å²) >= 11 is 5.34. The quantitative estimate of drug-likeness (QED) is 0.546. The lowest BCUT2D eigenvalue weighted by molar-refractivity contribution is 0.0332. The fraction of sp³-hybridized carbons (Fsp3) is 0.308. The first-order chi connectivity index (χ1) is 17.0. The molecule has 182 valence electrons. The van der Waals surface area contributed by atoms with E-state index in [2.05, 4.69) is 0 Å². The molecule has 3 heterocycles. The van der Waals surface area contributed by atoms with Gasteiger partial charge in [0.2, 0.25) is 5.43 Å². The molecule has 2 atom stereocenters. The van der Waals surface area contributed by atoms with E-state index >= 15 is 0 Å². The van der Waals surface area contributed by atoms with Crippen molar-refractivity contribution in [3.8, 4) is 11.5 Å². The second-order valence-electron chi connectivity index (χ2n) is 8.59. The van der Waals surface area contributed by atoms with Crippen molar-refractivity contribution < 1.29 is 19.4 Å². The molecule has 8 nitrogen and oxygen atoms in total. The van der Waals surface area contributed by atoms with Crippen LogP contribution in [0.25, 0.3) is 0 Å². The average Bonchev–Trinajstić information content (AvgIpc) is 2.89. The number of thiol groups is 1. The summed E-state index contributed by atoms with van der Waals surface area (Å²) in [7, 11) is 1.58. The van der Waals surface area contributed by atoms with E-state index in [-0.39, 0.29) is 12.3 Å². The molecule has 0 radical (unpaired) electrons. The third-order valence-corrected chi connectivity index (χ3v) is 7.23. The molecule has 1 aromatic heterocycles. The number of para-hydroxylation sites is 1. The minimum atomic E-state index is -1.18. The first-order valence-electron chi connectivity index (χ1n) is 11.5. The van der Waals surface area contributed by atoms with Crippen LogP contribution in [-0.2, 0) is 9.61 Å². The minimum Gasteiger partial charge on any atom is -0.502 e. The molecule has 0 spiro atoms. The number of hydrogen-bond acceptors (Lipinski definition) is 7. The smallest absolute Gasteiger partial charge is 0.278 e. The molecule has 0 unspecified atom stereocenters. The zero-order chi connectivity index (χ0) is 24.6. The highest BCUT2D eigenvalue weighted by atomic mass is 32.1. The molecule has 5 rings (SSSR count). The van der Waals surface area contributed by atoms with Gasteiger partial charge in [-0.15, -0.1) is 12.6 Å². The van der Waals surface area contributed by atoms with Crippen molar-refractivity contribution in [3.05, 3.63) is 93.9 Å². The average molecular weight is 494 g/mol. The molecule has 2 aliphatic heterocycles. The molecule has 2 aromatic carbocycles. The summed E-state index contributed by atoms with van der Waals surface area (Å²) in [5, 5.41) is 12.7. The minimum absolute atomic E-state index is 0.100. The Morgan fingerprint density at radius 1 is 1.09 bits per heavy atom. The number of hydrogen-bond donors (Lipinski definition) is 2. The van der Waals surface area contributed by atoms with Gasteiger partial charge in [-0.2, -0.15) is 0 Å². The maximum Gasteiger partial charge on any atom is 0.278 e. The zero-order valence-corrected chi connectivity index (χ0v) is 20.2. The summed E-state index contributed by atoms with van der Waals surface area (Å²) in [4.78, 5) is 26.6. The lowest BCUT2D eigenvalue weighted by Gasteiger charge is -2.53. The van der Waals surface area contributed by atoms with Crippen LogP contribution < -0.4 is 15.2 Å². The number of nitrogens with zero attached hydrogens (tertiary/aromatic N) is 3. The number of pyridine rings is 1. The van der Waals surface area contributed by atoms with Crippen molar-refractivity contribution in [1.82, 2.24) is 9.58 Å². The molecule has 0 fully saturated rings. The topological polar surface area (TPSA) is 84.2 Å². The standard InChI is InChI=1S/C26H27N3O5S/c1-33-17-22-27-14-7-8-16-34-21-12-6-5-11-19(21)26(35,18-9-3-2-4-10-18)29(22)28-15-13-20(30)24(31)23(28)25(27)32/h2-6,9-13,15,22,31,35H,7-8,14,16-17H2,1H3/t22-,26-/m0/s1. The summed E-state index contributed by atoms with van der Waals surface area (Å²) in [5.41, 5.74) is 0.859. The number of aromatic hydroxyl groups is 1. The second kappa shape index (κ2) is 9.31. The Hall–Kier alpha value is -3.43. The molecule has 0 aliphatic carbocycles. The van der Waals surface area contributed by atoms with E-state index in [0.29, 0.717) is 25.3 Å². The summed E-state index contributed by atoms with van der Waals surface area (Å²) in [6.07, 6.45) is 2.30. The third kappa shape index (κ3) is 3.75. The highest BCUT2D eigenvalue weighted by Gasteiger charge is 2.50. The Labute approximate surface area is 208 Å². The lowest BCUT2D eigenvalue weighted by Crippen LogP contribution is -2.68. The van der Waals surface area contributed by atoms with Gasteiger partial charge >= 0.3 is 0 Å². The highest BCUT2D eigenvalue weighted by Crippen LogP contribution is 2.46. The van der Waals surface area contributed by atoms with Crippen LogP contribution in [0, 0.1) is 0 Å². The van der Waals surface area contributed by atoms with Gasteiger partial charge in [-0.05, 0) is 24.5 Å². The fourth-order valence-corrected chi connectivity index (χ4v) is 5.47. The van der Waals surface area contributed by atoms with Crippen LogP contribution in [0.2, 0.25) is 0 Å². The van der Waals surface area contributed by atoms with E-state index in [9.17, 15) is 14.7 Å². The molecule has 2 bridgehead atoms. The van der Waals surface area contributed by atoms with E-state index < -0.39 is 28.1 Å². The molecular weight excluding hydrogens is 466 g/mol. The molecule has 0 saturated heterocycles. The number of ether oxygens (including phenoxy) is 2. The van der Waals surface area contributed by atoms with Crippen LogP contribution in [0.1, 0.15) is 34.5 Å². The number of fused-ring (bicyclic) bond motifs is 5. The van der Waals surface area contributed by atoms with Crippen LogP contribution >= 0.6 is 12.6 Å². The summed E-state index contributed by atoms with van der Waals surface area (Å²) in [6.45, 7) is 1.04. The number of rotatable bonds is 3. The Morgan fingerprint density at radius 3 is 2.60 bits per heavy atom. The van der Waals surface area contributed by atoms with Crippen molar-refractivity contribution in [2.45, 2.75) is 23.9 Å². The molecule has 3 aromatic rings. The Bertz CT molecular complexity index is 1300. The van der Waals surface area contributed by atoms with Crippen LogP contribution in [0.15, 0.2) is 71.7 Å². The van der Waals surface area contributed by atoms with Gasteiger partial charge < -0.3 is 19.5 Å². The first-order valence-corrected chi connectivity index (χ1v) is 12.0. The van der Waals surface area contributed by atoms with E-state index in [4.69, 9.17) is 22.1 Å². The van der Waals surface area contributed by atoms with Crippen LogP contribution in [0.3, 0.4) is 0 Å². The van der Waals surface area contributed by atoms with Gasteiger partial charge in [0.25, 0.3) is 5.91 Å². The predicted molar refractivity (Wildman–Crippen MR) is 135 cm³/mol. The number of carbonyl (C=O) groups is 1. The Balaban J connectivity index is 1.90. The van der Waals surface area contributed by atoms with Gasteiger partial charge in [-0.3, -0.25) is 19.3 Å². The number of benzene rings is 2. The summed E-state index contributed by atoms with van der Waals surface area (Å²) in [5.74, 6) is -0.359. The fourth-order valence-electron chi connectivity index (χ4n) is 4.90. The lowest BCUT2D eigenvalue weighted by atomic mass is 9.95. The van der Waals surface area contributed by atoms with Gasteiger partial charge in [0, 0.05) is 31.5 Å². The number of amides is 1. The molecule has 2 aliphatic rings. The number of carbonyl (C=O) groups excluding carboxylic acids is 1. The van der Waals surface area contributed by atoms with E-state index in [0.717, 1.165) is 17.5 Å². The summed E-state index contributed by atoms with van der Waals surface area (Å²) in [6, 6.07) is 18.6. The first kappa shape index (κ1) is 23.3. The van der Waals surface area contributed by atoms with E-state index in [1.165, 1.54) is 16.9 Å². The van der Waals surface area contributed by atoms with Crippen LogP contribution in [-0.4, -0.2) is 53.6 Å². The Kier molecular flexibility index (Phi) is 6.21. The van der Waals surface area contributed by atoms with Gasteiger partial charge in [0.15, 0.2) is 16.3 Å². The van der Waals surface area contributed by atoms with Crippen molar-refractivity contribution in [2.75, 3.05) is 31.9 Å². The van der Waals surface area contributed by atoms with Gasteiger partial charge in [0.05, 0.1) is 13.2 Å². The molecule has 0 saturated carbocycles. The van der Waals surface area contributed by atoms with Crippen molar-refractivity contribution in [2.24, 2.45) is 0 Å². The van der Waals surface area contributed by atoms with Crippen molar-refractivity contribution >= 4 is 18.5 Å². The maximum atomic E-state index is 13.7. The van der Waals surface area contributed by atoms with Gasteiger partial charge in [-0.25, -0.2) is 0 Å². The van der Waals surface area contributed by atoms with Crippen molar-refractivity contribution in [3.63, 3.8) is 0 Å². The van der Waals surface area contributed by atoms with E-state index in [1.54, 1.807) is 12.0 Å². The molecule has 35 heavy (non-hydrogen) atoms. The van der Waals surface area contributed by atoms with Gasteiger partial charge in [-0.1, -0.05) is 48.5 Å². The van der Waals surface area contributed by atoms with Crippen LogP contribution in [0.4, 0.5) is 0 Å².